The third-order valence-electron chi connectivity index (χ3n) is 6.29. The predicted octanol–water partition coefficient (Wildman–Crippen LogP) is 2.47. The lowest BCUT2D eigenvalue weighted by Gasteiger charge is -2.34. The van der Waals surface area contributed by atoms with Crippen LogP contribution >= 0.6 is 0 Å². The van der Waals surface area contributed by atoms with Crippen molar-refractivity contribution in [3.63, 3.8) is 0 Å². The van der Waals surface area contributed by atoms with E-state index < -0.39 is 0 Å². The number of morpholine rings is 1. The van der Waals surface area contributed by atoms with Crippen molar-refractivity contribution in [3.05, 3.63) is 53.9 Å². The first-order chi connectivity index (χ1) is 16.6. The summed E-state index contributed by atoms with van der Waals surface area (Å²) < 4.78 is 5.54. The second-order valence-electron chi connectivity index (χ2n) is 9.07. The maximum Gasteiger partial charge on any atom is 0.252 e. The number of fused-ring (bicyclic) bond motifs is 1. The molecule has 2 fully saturated rings. The number of anilines is 2. The molecule has 3 aromatic rings. The third kappa shape index (κ3) is 5.10. The molecule has 2 aliphatic rings. The van der Waals surface area contributed by atoms with E-state index in [2.05, 4.69) is 25.5 Å². The van der Waals surface area contributed by atoms with Crippen LogP contribution in [0.25, 0.3) is 10.9 Å². The summed E-state index contributed by atoms with van der Waals surface area (Å²) >= 11 is 0. The van der Waals surface area contributed by atoms with Gasteiger partial charge < -0.3 is 20.3 Å². The van der Waals surface area contributed by atoms with Gasteiger partial charge >= 0.3 is 0 Å². The highest BCUT2D eigenvalue weighted by atomic mass is 16.5. The van der Waals surface area contributed by atoms with E-state index >= 15 is 0 Å². The first-order valence-corrected chi connectivity index (χ1v) is 11.8. The third-order valence-corrected chi connectivity index (χ3v) is 6.29. The molecule has 1 amide bonds. The maximum absolute atomic E-state index is 13.3. The van der Waals surface area contributed by atoms with Gasteiger partial charge in [0.15, 0.2) is 0 Å². The molecule has 3 heterocycles. The molecule has 0 bridgehead atoms. The highest BCUT2D eigenvalue weighted by Crippen LogP contribution is 2.26. The molecule has 9 nitrogen and oxygen atoms in total. The fourth-order valence-electron chi connectivity index (χ4n) is 4.24. The Morgan fingerprint density at radius 3 is 2.62 bits per heavy atom. The number of nitrogens with zero attached hydrogens (tertiary/aromatic N) is 5. The smallest absolute Gasteiger partial charge is 0.252 e. The van der Waals surface area contributed by atoms with Crippen LogP contribution in [0.5, 0.6) is 0 Å². The Morgan fingerprint density at radius 1 is 1.15 bits per heavy atom. The lowest BCUT2D eigenvalue weighted by Crippen LogP contribution is -2.44. The quantitative estimate of drug-likeness (QED) is 0.528. The second-order valence-corrected chi connectivity index (χ2v) is 9.07. The number of aromatic nitrogens is 3. The van der Waals surface area contributed by atoms with Gasteiger partial charge in [-0.2, -0.15) is 0 Å². The number of carbonyl (C=O) groups excluding carboxylic acids is 1. The molecule has 0 spiro atoms. The first-order valence-electron chi connectivity index (χ1n) is 11.8. The highest BCUT2D eigenvalue weighted by Gasteiger charge is 2.25. The fraction of sp³-hybridized carbons (Fsp3) is 0.440. The molecular weight excluding hydrogens is 430 g/mol. The Balaban J connectivity index is 1.34. The number of hydrogen-bond acceptors (Lipinski definition) is 8. The molecule has 1 aliphatic carbocycles. The lowest BCUT2D eigenvalue weighted by atomic mass is 10.1. The number of pyridine rings is 1. The summed E-state index contributed by atoms with van der Waals surface area (Å²) in [6.07, 6.45) is 6.08. The van der Waals surface area contributed by atoms with E-state index in [9.17, 15) is 4.79 Å². The zero-order valence-electron chi connectivity index (χ0n) is 19.7. The Hall–Kier alpha value is -3.30. The van der Waals surface area contributed by atoms with Crippen molar-refractivity contribution in [2.75, 3.05) is 57.2 Å². The van der Waals surface area contributed by atoms with Crippen molar-refractivity contribution in [1.29, 1.82) is 0 Å². The summed E-state index contributed by atoms with van der Waals surface area (Å²) in [5.74, 6) is 1.41. The first kappa shape index (κ1) is 22.5. The summed E-state index contributed by atoms with van der Waals surface area (Å²) in [5, 5.41) is 7.42. The molecule has 1 aromatic carbocycles. The van der Waals surface area contributed by atoms with Crippen LogP contribution in [0.3, 0.4) is 0 Å². The summed E-state index contributed by atoms with van der Waals surface area (Å²) in [5.41, 5.74) is 2.42. The van der Waals surface area contributed by atoms with E-state index in [1.54, 1.807) is 0 Å². The van der Waals surface area contributed by atoms with Crippen molar-refractivity contribution >= 4 is 28.6 Å². The molecule has 1 aliphatic heterocycles. The van der Waals surface area contributed by atoms with E-state index in [-0.39, 0.29) is 11.9 Å². The maximum atomic E-state index is 13.3. The Bertz CT molecular complexity index is 1140. The van der Waals surface area contributed by atoms with Crippen molar-refractivity contribution in [2.45, 2.75) is 24.9 Å². The van der Waals surface area contributed by atoms with E-state index in [1.165, 1.54) is 12.8 Å². The van der Waals surface area contributed by atoms with Gasteiger partial charge in [-0.05, 0) is 37.1 Å². The van der Waals surface area contributed by atoms with Crippen molar-refractivity contribution in [3.8, 4) is 0 Å². The Morgan fingerprint density at radius 2 is 1.91 bits per heavy atom. The normalized spacial score (nSPS) is 17.4. The topological polar surface area (TPSA) is 95.5 Å². The van der Waals surface area contributed by atoms with Gasteiger partial charge in [0.25, 0.3) is 5.91 Å². The van der Waals surface area contributed by atoms with Crippen LogP contribution in [0.15, 0.2) is 42.7 Å². The minimum atomic E-state index is -0.112. The highest BCUT2D eigenvalue weighted by molar-refractivity contribution is 6.06. The molecule has 2 aromatic heterocycles. The number of hydrogen-bond donors (Lipinski definition) is 2. The van der Waals surface area contributed by atoms with Crippen LogP contribution in [-0.2, 0) is 4.74 Å². The number of amides is 1. The molecule has 1 atom stereocenters. The summed E-state index contributed by atoms with van der Waals surface area (Å²) in [6.45, 7) is 3.39. The molecular formula is C25H31N7O2. The molecule has 2 N–H and O–H groups in total. The van der Waals surface area contributed by atoms with Gasteiger partial charge in [0.1, 0.15) is 5.82 Å². The molecule has 9 heteroatoms. The van der Waals surface area contributed by atoms with Crippen LogP contribution in [0.1, 0.15) is 34.8 Å². The molecule has 0 radical (unpaired) electrons. The number of ether oxygens (including phenoxy) is 1. The van der Waals surface area contributed by atoms with Gasteiger partial charge in [0, 0.05) is 68.7 Å². The molecule has 1 saturated carbocycles. The molecule has 34 heavy (non-hydrogen) atoms. The predicted molar refractivity (Wildman–Crippen MR) is 132 cm³/mol. The van der Waals surface area contributed by atoms with Gasteiger partial charge in [0.2, 0.25) is 5.95 Å². The number of benzene rings is 1. The van der Waals surface area contributed by atoms with Crippen LogP contribution in [0.2, 0.25) is 0 Å². The zero-order chi connectivity index (χ0) is 23.5. The lowest BCUT2D eigenvalue weighted by molar-refractivity contribution is 0.0161. The average Bonchev–Trinajstić information content (AvgIpc) is 3.68. The van der Waals surface area contributed by atoms with E-state index in [0.29, 0.717) is 37.3 Å². The van der Waals surface area contributed by atoms with Crippen LogP contribution in [-0.4, -0.2) is 78.7 Å². The summed E-state index contributed by atoms with van der Waals surface area (Å²) in [4.78, 5) is 31.1. The summed E-state index contributed by atoms with van der Waals surface area (Å²) in [6, 6.07) is 10.1. The van der Waals surface area contributed by atoms with Crippen molar-refractivity contribution in [2.24, 2.45) is 0 Å². The largest absolute Gasteiger partial charge is 0.379 e. The van der Waals surface area contributed by atoms with E-state index in [0.717, 1.165) is 35.4 Å². The minimum absolute atomic E-state index is 0.0356. The van der Waals surface area contributed by atoms with Crippen LogP contribution in [0, 0.1) is 0 Å². The van der Waals surface area contributed by atoms with E-state index in [4.69, 9.17) is 9.72 Å². The van der Waals surface area contributed by atoms with Crippen molar-refractivity contribution < 1.29 is 9.53 Å². The number of nitrogens with one attached hydrogen (secondary N) is 2. The van der Waals surface area contributed by atoms with Gasteiger partial charge in [-0.15, -0.1) is 0 Å². The number of rotatable bonds is 8. The van der Waals surface area contributed by atoms with Gasteiger partial charge in [-0.1, -0.05) is 6.07 Å². The van der Waals surface area contributed by atoms with Gasteiger partial charge in [-0.3, -0.25) is 9.69 Å². The monoisotopic (exact) mass is 461 g/mol. The average molecular weight is 462 g/mol. The molecule has 1 unspecified atom stereocenters. The molecule has 178 valence electrons. The van der Waals surface area contributed by atoms with Gasteiger partial charge in [0.05, 0.1) is 24.8 Å². The summed E-state index contributed by atoms with van der Waals surface area (Å²) in [7, 11) is 3.83. The number of carbonyl (C=O) groups is 1. The van der Waals surface area contributed by atoms with Crippen molar-refractivity contribution in [1.82, 2.24) is 25.2 Å². The Labute approximate surface area is 199 Å². The van der Waals surface area contributed by atoms with E-state index in [1.807, 2.05) is 61.7 Å². The minimum Gasteiger partial charge on any atom is -0.379 e. The zero-order valence-corrected chi connectivity index (χ0v) is 19.7. The SMILES string of the molecule is CN(C)c1ncc(C(CNC(=O)c2cccc3nc(NC4CC4)ccc23)N2CCOCC2)cn1. The van der Waals surface area contributed by atoms with Crippen LogP contribution < -0.4 is 15.5 Å². The van der Waals surface area contributed by atoms with Crippen LogP contribution in [0.4, 0.5) is 11.8 Å². The van der Waals surface area contributed by atoms with Gasteiger partial charge in [-0.25, -0.2) is 15.0 Å². The standard InChI is InChI=1S/C25H31N7O2/c1-31(2)25-27-14-17(15-28-25)22(32-10-12-34-13-11-32)16-26-24(33)20-4-3-5-21-19(20)8-9-23(30-21)29-18-6-7-18/h3-5,8-9,14-15,18,22H,6-7,10-13,16H2,1-2H3,(H,26,33)(H,29,30). The fourth-order valence-corrected chi connectivity index (χ4v) is 4.24. The Kier molecular flexibility index (Phi) is 6.55. The molecule has 5 rings (SSSR count). The second kappa shape index (κ2) is 9.90. The molecule has 1 saturated heterocycles.